The Morgan fingerprint density at radius 2 is 1.44 bits per heavy atom. The van der Waals surface area contributed by atoms with Gasteiger partial charge >= 0.3 is 5.97 Å². The molecule has 2 aliphatic rings. The largest absolute Gasteiger partial charge is 0.489 e. The van der Waals surface area contributed by atoms with Crippen molar-refractivity contribution < 1.29 is 19.1 Å². The Labute approximate surface area is 252 Å². The lowest BCUT2D eigenvalue weighted by Crippen LogP contribution is -2.43. The first-order valence-electron chi connectivity index (χ1n) is 14.9. The number of carbonyl (C=O) groups is 2. The molecule has 5 nitrogen and oxygen atoms in total. The van der Waals surface area contributed by atoms with E-state index in [9.17, 15) is 9.59 Å². The Hall–Kier alpha value is -4.77. The number of aliphatic imine (C=N–C) groups is 1. The van der Waals surface area contributed by atoms with Crippen LogP contribution in [0.2, 0.25) is 0 Å². The fraction of sp³-hybridized carbons (Fsp3) is 0.237. The van der Waals surface area contributed by atoms with E-state index in [-0.39, 0.29) is 24.3 Å². The molecule has 43 heavy (non-hydrogen) atoms. The van der Waals surface area contributed by atoms with E-state index in [1.54, 1.807) is 0 Å². The van der Waals surface area contributed by atoms with Gasteiger partial charge in [-0.3, -0.25) is 14.6 Å². The van der Waals surface area contributed by atoms with E-state index in [0.717, 1.165) is 28.0 Å². The van der Waals surface area contributed by atoms with Gasteiger partial charge in [0.05, 0.1) is 12.5 Å². The standard InChI is InChI=1S/C38H35NO4/c1-26-35(38(41)42-22-21-27-13-5-2-6-14-27)36(31-19-11-12-20-34(31)43-25-28-15-7-3-8-16-28)37-32(39-26)23-30(24-33(37)40)29-17-9-4-10-18-29/h2-20,23,30,35-37H,21-22,24-25H2,1H3. The average molecular weight is 570 g/mol. The van der Waals surface area contributed by atoms with E-state index < -0.39 is 17.8 Å². The Bertz CT molecular complexity index is 1630. The van der Waals surface area contributed by atoms with Crippen LogP contribution in [-0.4, -0.2) is 24.1 Å². The zero-order valence-electron chi connectivity index (χ0n) is 24.3. The van der Waals surface area contributed by atoms with Gasteiger partial charge in [0.25, 0.3) is 0 Å². The summed E-state index contributed by atoms with van der Waals surface area (Å²) in [5, 5.41) is 0. The highest BCUT2D eigenvalue weighted by molar-refractivity contribution is 6.05. The van der Waals surface area contributed by atoms with Gasteiger partial charge in [-0.25, -0.2) is 0 Å². The second kappa shape index (κ2) is 13.0. The minimum atomic E-state index is -0.711. The second-order valence-electron chi connectivity index (χ2n) is 11.2. The number of fused-ring (bicyclic) bond motifs is 1. The normalized spacial score (nSPS) is 21.3. The van der Waals surface area contributed by atoms with Crippen LogP contribution in [0, 0.1) is 11.8 Å². The van der Waals surface area contributed by atoms with Crippen molar-refractivity contribution in [3.8, 4) is 5.75 Å². The van der Waals surface area contributed by atoms with Gasteiger partial charge in [-0.05, 0) is 35.2 Å². The highest BCUT2D eigenvalue weighted by Gasteiger charge is 2.49. The summed E-state index contributed by atoms with van der Waals surface area (Å²) in [4.78, 5) is 32.8. The maximum atomic E-state index is 14.1. The number of ketones is 1. The van der Waals surface area contributed by atoms with Crippen LogP contribution in [0.3, 0.4) is 0 Å². The quantitative estimate of drug-likeness (QED) is 0.196. The van der Waals surface area contributed by atoms with E-state index in [1.807, 2.05) is 122 Å². The molecule has 1 aliphatic heterocycles. The predicted molar refractivity (Wildman–Crippen MR) is 168 cm³/mol. The average Bonchev–Trinajstić information content (AvgIpc) is 3.04. The van der Waals surface area contributed by atoms with E-state index in [1.165, 1.54) is 0 Å². The molecule has 6 rings (SSSR count). The molecule has 0 spiro atoms. The molecule has 0 aromatic heterocycles. The summed E-state index contributed by atoms with van der Waals surface area (Å²) < 4.78 is 12.3. The molecule has 4 aromatic rings. The Morgan fingerprint density at radius 3 is 2.16 bits per heavy atom. The Kier molecular flexibility index (Phi) is 8.60. The van der Waals surface area contributed by atoms with Crippen molar-refractivity contribution in [3.63, 3.8) is 0 Å². The monoisotopic (exact) mass is 569 g/mol. The highest BCUT2D eigenvalue weighted by Crippen LogP contribution is 2.49. The van der Waals surface area contributed by atoms with Gasteiger partial charge in [0.15, 0.2) is 0 Å². The summed E-state index contributed by atoms with van der Waals surface area (Å²) in [5.41, 5.74) is 5.41. The topological polar surface area (TPSA) is 65.0 Å². The molecule has 0 amide bonds. The summed E-state index contributed by atoms with van der Waals surface area (Å²) in [6.07, 6.45) is 3.08. The van der Waals surface area contributed by atoms with Crippen LogP contribution in [-0.2, 0) is 27.4 Å². The van der Waals surface area contributed by atoms with Crippen molar-refractivity contribution in [1.29, 1.82) is 0 Å². The van der Waals surface area contributed by atoms with E-state index in [2.05, 4.69) is 6.08 Å². The lowest BCUT2D eigenvalue weighted by atomic mass is 9.66. The summed E-state index contributed by atoms with van der Waals surface area (Å²) in [7, 11) is 0. The second-order valence-corrected chi connectivity index (χ2v) is 11.2. The first kappa shape index (κ1) is 28.4. The Balaban J connectivity index is 1.36. The van der Waals surface area contributed by atoms with Gasteiger partial charge in [0, 0.05) is 36.1 Å². The van der Waals surface area contributed by atoms with E-state index in [4.69, 9.17) is 14.5 Å². The van der Waals surface area contributed by atoms with Crippen LogP contribution >= 0.6 is 0 Å². The zero-order valence-corrected chi connectivity index (χ0v) is 24.3. The van der Waals surface area contributed by atoms with E-state index >= 15 is 0 Å². The summed E-state index contributed by atoms with van der Waals surface area (Å²) in [6.45, 7) is 2.50. The fourth-order valence-corrected chi connectivity index (χ4v) is 6.31. The third kappa shape index (κ3) is 6.36. The van der Waals surface area contributed by atoms with Crippen LogP contribution < -0.4 is 4.74 Å². The molecule has 5 heteroatoms. The third-order valence-electron chi connectivity index (χ3n) is 8.41. The number of para-hydroxylation sites is 1. The smallest absolute Gasteiger partial charge is 0.315 e. The highest BCUT2D eigenvalue weighted by atomic mass is 16.5. The molecule has 216 valence electrons. The van der Waals surface area contributed by atoms with Crippen molar-refractivity contribution in [2.24, 2.45) is 16.8 Å². The van der Waals surface area contributed by atoms with Crippen molar-refractivity contribution in [3.05, 3.63) is 149 Å². The molecule has 0 bridgehead atoms. The number of benzene rings is 4. The fourth-order valence-electron chi connectivity index (χ4n) is 6.31. The molecule has 0 saturated carbocycles. The number of hydrogen-bond acceptors (Lipinski definition) is 5. The van der Waals surface area contributed by atoms with Gasteiger partial charge in [0.2, 0.25) is 0 Å². The molecule has 4 unspecified atom stereocenters. The van der Waals surface area contributed by atoms with Crippen molar-refractivity contribution in [1.82, 2.24) is 0 Å². The minimum Gasteiger partial charge on any atom is -0.489 e. The summed E-state index contributed by atoms with van der Waals surface area (Å²) in [5.74, 6) is -1.47. The SMILES string of the molecule is CC1=NC2=CC(c3ccccc3)CC(=O)C2C(c2ccccc2OCc2ccccc2)C1C(=O)OCCc1ccccc1. The number of rotatable bonds is 9. The Morgan fingerprint density at radius 1 is 0.814 bits per heavy atom. The van der Waals surface area contributed by atoms with Gasteiger partial charge < -0.3 is 9.47 Å². The molecule has 1 heterocycles. The molecular formula is C38H35NO4. The first-order chi connectivity index (χ1) is 21.1. The van der Waals surface area contributed by atoms with Crippen molar-refractivity contribution in [2.45, 2.75) is 38.2 Å². The summed E-state index contributed by atoms with van der Waals surface area (Å²) in [6, 6.07) is 37.7. The molecule has 1 aliphatic carbocycles. The lowest BCUT2D eigenvalue weighted by Gasteiger charge is -2.39. The molecule has 0 fully saturated rings. The van der Waals surface area contributed by atoms with Crippen LogP contribution in [0.5, 0.6) is 5.75 Å². The number of Topliss-reactive ketones (excluding diaryl/α,β-unsaturated/α-hetero) is 1. The zero-order chi connectivity index (χ0) is 29.6. The van der Waals surface area contributed by atoms with Crippen molar-refractivity contribution in [2.75, 3.05) is 6.61 Å². The number of allylic oxidation sites excluding steroid dienone is 2. The number of nitrogens with zero attached hydrogens (tertiary/aromatic N) is 1. The maximum absolute atomic E-state index is 14.1. The van der Waals surface area contributed by atoms with Gasteiger partial charge in [-0.1, -0.05) is 115 Å². The number of carbonyl (C=O) groups excluding carboxylic acids is 2. The molecule has 0 saturated heterocycles. The van der Waals surface area contributed by atoms with Crippen LogP contribution in [0.4, 0.5) is 0 Å². The number of esters is 1. The third-order valence-corrected chi connectivity index (χ3v) is 8.41. The van der Waals surface area contributed by atoms with E-state index in [0.29, 0.717) is 30.9 Å². The van der Waals surface area contributed by atoms with Crippen LogP contribution in [0.25, 0.3) is 0 Å². The summed E-state index contributed by atoms with van der Waals surface area (Å²) >= 11 is 0. The van der Waals surface area contributed by atoms with Crippen LogP contribution in [0.1, 0.15) is 47.4 Å². The van der Waals surface area contributed by atoms with Crippen molar-refractivity contribution >= 4 is 17.5 Å². The molecule has 4 atom stereocenters. The maximum Gasteiger partial charge on any atom is 0.315 e. The molecule has 0 N–H and O–H groups in total. The van der Waals surface area contributed by atoms with Gasteiger partial charge in [-0.2, -0.15) is 0 Å². The van der Waals surface area contributed by atoms with Crippen LogP contribution in [0.15, 0.2) is 132 Å². The number of ether oxygens (including phenoxy) is 2. The van der Waals surface area contributed by atoms with Gasteiger partial charge in [0.1, 0.15) is 24.1 Å². The minimum absolute atomic E-state index is 0.0592. The molecule has 0 radical (unpaired) electrons. The molecular weight excluding hydrogens is 534 g/mol. The first-order valence-corrected chi connectivity index (χ1v) is 14.9. The number of hydrogen-bond donors (Lipinski definition) is 0. The van der Waals surface area contributed by atoms with Gasteiger partial charge in [-0.15, -0.1) is 0 Å². The lowest BCUT2D eigenvalue weighted by molar-refractivity contribution is -0.147. The predicted octanol–water partition coefficient (Wildman–Crippen LogP) is 7.48. The molecule has 4 aromatic carbocycles.